The molecular weight excluding hydrogens is 572 g/mol. The molecule has 2 aromatic carbocycles. The molecule has 0 unspecified atom stereocenters. The molecule has 4 rings (SSSR count). The maximum atomic E-state index is 13.7. The van der Waals surface area contributed by atoms with E-state index in [4.69, 9.17) is 9.47 Å². The van der Waals surface area contributed by atoms with Crippen LogP contribution in [-0.2, 0) is 32.3 Å². The van der Waals surface area contributed by atoms with E-state index in [2.05, 4.69) is 41.4 Å². The summed E-state index contributed by atoms with van der Waals surface area (Å²) in [4.78, 5) is 16.3. The molecule has 3 aromatic rings. The number of hydroxylamine groups is 1. The van der Waals surface area contributed by atoms with Gasteiger partial charge in [0.15, 0.2) is 14.6 Å². The van der Waals surface area contributed by atoms with Gasteiger partial charge in [0.1, 0.15) is 5.75 Å². The van der Waals surface area contributed by atoms with Gasteiger partial charge in [-0.05, 0) is 66.6 Å². The molecular formula is C30H42N6O6S. The molecule has 1 fully saturated rings. The molecule has 1 aromatic heterocycles. The van der Waals surface area contributed by atoms with E-state index in [9.17, 15) is 18.4 Å². The summed E-state index contributed by atoms with van der Waals surface area (Å²) in [6.07, 6.45) is 2.94. The SMILES string of the molecule is COCCN1CCC(C(=O)NO)(S(=O)(=O)c2ccc(OCCCn3nnc(-c4ccc(CCC(C)C)cc4)n3)cc2)CC1. The Kier molecular flexibility index (Phi) is 11.2. The van der Waals surface area contributed by atoms with Crippen LogP contribution in [0, 0.1) is 5.92 Å². The number of tetrazole rings is 1. The first kappa shape index (κ1) is 32.5. The summed E-state index contributed by atoms with van der Waals surface area (Å²) < 4.78 is 36.5. The first-order valence-corrected chi connectivity index (χ1v) is 16.2. The van der Waals surface area contributed by atoms with Gasteiger partial charge in [0, 0.05) is 38.7 Å². The Labute approximate surface area is 253 Å². The van der Waals surface area contributed by atoms with Gasteiger partial charge in [-0.2, -0.15) is 4.80 Å². The van der Waals surface area contributed by atoms with Crippen LogP contribution in [0.3, 0.4) is 0 Å². The van der Waals surface area contributed by atoms with Crippen LogP contribution < -0.4 is 10.2 Å². The normalized spacial score (nSPS) is 15.5. The van der Waals surface area contributed by atoms with Crippen LogP contribution in [0.15, 0.2) is 53.4 Å². The Bertz CT molecular complexity index is 1420. The van der Waals surface area contributed by atoms with Crippen LogP contribution in [0.5, 0.6) is 5.75 Å². The Hall–Kier alpha value is -3.39. The van der Waals surface area contributed by atoms with Crippen molar-refractivity contribution >= 4 is 15.7 Å². The number of piperidine rings is 1. The maximum Gasteiger partial charge on any atom is 0.265 e. The van der Waals surface area contributed by atoms with Crippen molar-refractivity contribution in [3.63, 3.8) is 0 Å². The number of amides is 1. The monoisotopic (exact) mass is 614 g/mol. The Balaban J connectivity index is 1.29. The molecule has 1 aliphatic heterocycles. The maximum absolute atomic E-state index is 13.7. The Morgan fingerprint density at radius 1 is 1.05 bits per heavy atom. The van der Waals surface area contributed by atoms with Gasteiger partial charge in [-0.1, -0.05) is 38.1 Å². The zero-order chi connectivity index (χ0) is 30.9. The number of sulfone groups is 1. The summed E-state index contributed by atoms with van der Waals surface area (Å²) >= 11 is 0. The zero-order valence-corrected chi connectivity index (χ0v) is 25.9. The molecule has 1 saturated heterocycles. The molecule has 1 aliphatic rings. The van der Waals surface area contributed by atoms with Gasteiger partial charge < -0.3 is 14.4 Å². The van der Waals surface area contributed by atoms with Crippen LogP contribution in [0.1, 0.15) is 45.1 Å². The van der Waals surface area contributed by atoms with Crippen LogP contribution >= 0.6 is 0 Å². The third kappa shape index (κ3) is 7.96. The predicted octanol–water partition coefficient (Wildman–Crippen LogP) is 3.16. The fourth-order valence-corrected chi connectivity index (χ4v) is 7.10. The fraction of sp³-hybridized carbons (Fsp3) is 0.533. The van der Waals surface area contributed by atoms with E-state index in [1.807, 2.05) is 17.0 Å². The number of nitrogens with one attached hydrogen (secondary N) is 1. The molecule has 0 radical (unpaired) electrons. The minimum absolute atomic E-state index is 0.00101. The number of benzene rings is 2. The number of aromatic nitrogens is 4. The lowest BCUT2D eigenvalue weighted by atomic mass is 9.95. The van der Waals surface area contributed by atoms with E-state index in [-0.39, 0.29) is 17.7 Å². The van der Waals surface area contributed by atoms with Crippen molar-refractivity contribution in [3.05, 3.63) is 54.1 Å². The van der Waals surface area contributed by atoms with E-state index in [0.717, 1.165) is 18.4 Å². The van der Waals surface area contributed by atoms with Gasteiger partial charge in [-0.15, -0.1) is 10.2 Å². The minimum Gasteiger partial charge on any atom is -0.494 e. The third-order valence-corrected chi connectivity index (χ3v) is 10.4. The Morgan fingerprint density at radius 3 is 2.37 bits per heavy atom. The van der Waals surface area contributed by atoms with Gasteiger partial charge in [-0.3, -0.25) is 10.0 Å². The molecule has 1 amide bonds. The van der Waals surface area contributed by atoms with E-state index in [1.165, 1.54) is 22.5 Å². The molecule has 2 N–H and O–H groups in total. The summed E-state index contributed by atoms with van der Waals surface area (Å²) in [5, 5.41) is 22.2. The van der Waals surface area contributed by atoms with E-state index in [0.29, 0.717) is 63.3 Å². The highest BCUT2D eigenvalue weighted by Crippen LogP contribution is 2.36. The number of methoxy groups -OCH3 is 1. The standard InChI is InChI=1S/C30H42N6O6S/c1-23(2)5-6-24-7-9-25(10-8-24)28-31-34-36(32-28)17-4-21-42-26-11-13-27(14-12-26)43(39,40)30(29(37)33-38)15-18-35(19-16-30)20-22-41-3/h7-14,23,38H,4-6,15-22H2,1-3H3,(H,33,37). The number of nitrogens with zero attached hydrogens (tertiary/aromatic N) is 5. The topological polar surface area (TPSA) is 149 Å². The lowest BCUT2D eigenvalue weighted by Gasteiger charge is -2.39. The molecule has 13 heteroatoms. The van der Waals surface area contributed by atoms with Crippen molar-refractivity contribution < 1.29 is 27.9 Å². The highest BCUT2D eigenvalue weighted by Gasteiger charge is 2.52. The van der Waals surface area contributed by atoms with E-state index < -0.39 is 20.5 Å². The quantitative estimate of drug-likeness (QED) is 0.149. The van der Waals surface area contributed by atoms with Gasteiger partial charge in [0.2, 0.25) is 5.82 Å². The van der Waals surface area contributed by atoms with Crippen molar-refractivity contribution in [2.45, 2.75) is 62.1 Å². The lowest BCUT2D eigenvalue weighted by Crippen LogP contribution is -2.57. The first-order chi connectivity index (χ1) is 20.7. The summed E-state index contributed by atoms with van der Waals surface area (Å²) in [6, 6.07) is 14.3. The average molecular weight is 615 g/mol. The summed E-state index contributed by atoms with van der Waals surface area (Å²) in [6.45, 7) is 7.25. The number of carbonyl (C=O) groups is 1. The van der Waals surface area contributed by atoms with Gasteiger partial charge in [0.05, 0.1) is 24.7 Å². The van der Waals surface area contributed by atoms with Crippen LogP contribution in [-0.4, -0.2) is 89.3 Å². The molecule has 2 heterocycles. The first-order valence-electron chi connectivity index (χ1n) is 14.7. The van der Waals surface area contributed by atoms with Crippen LogP contribution in [0.2, 0.25) is 0 Å². The molecule has 0 atom stereocenters. The van der Waals surface area contributed by atoms with Gasteiger partial charge >= 0.3 is 0 Å². The van der Waals surface area contributed by atoms with Gasteiger partial charge in [0.25, 0.3) is 5.91 Å². The average Bonchev–Trinajstić information content (AvgIpc) is 3.50. The molecule has 12 nitrogen and oxygen atoms in total. The summed E-state index contributed by atoms with van der Waals surface area (Å²) in [7, 11) is -2.50. The highest BCUT2D eigenvalue weighted by molar-refractivity contribution is 7.93. The molecule has 0 saturated carbocycles. The largest absolute Gasteiger partial charge is 0.494 e. The molecule has 0 aliphatic carbocycles. The number of aryl methyl sites for hydroxylation is 2. The number of hydrogen-bond acceptors (Lipinski definition) is 10. The minimum atomic E-state index is -4.10. The molecule has 234 valence electrons. The second kappa shape index (κ2) is 14.9. The van der Waals surface area contributed by atoms with Crippen molar-refractivity contribution in [1.82, 2.24) is 30.6 Å². The number of hydrogen-bond donors (Lipinski definition) is 2. The van der Waals surface area contributed by atoms with Crippen molar-refractivity contribution in [2.24, 2.45) is 5.92 Å². The third-order valence-electron chi connectivity index (χ3n) is 7.89. The Morgan fingerprint density at radius 2 is 1.74 bits per heavy atom. The number of rotatable bonds is 15. The number of ether oxygens (including phenoxy) is 2. The molecule has 0 bridgehead atoms. The van der Waals surface area contributed by atoms with Crippen LogP contribution in [0.4, 0.5) is 0 Å². The predicted molar refractivity (Wildman–Crippen MR) is 160 cm³/mol. The number of carbonyl (C=O) groups excluding carboxylic acids is 1. The van der Waals surface area contributed by atoms with E-state index >= 15 is 0 Å². The van der Waals surface area contributed by atoms with E-state index in [1.54, 1.807) is 24.7 Å². The fourth-order valence-electron chi connectivity index (χ4n) is 5.14. The molecule has 43 heavy (non-hydrogen) atoms. The lowest BCUT2D eigenvalue weighted by molar-refractivity contribution is -0.133. The van der Waals surface area contributed by atoms with Crippen molar-refractivity contribution in [1.29, 1.82) is 0 Å². The van der Waals surface area contributed by atoms with Crippen molar-refractivity contribution in [3.8, 4) is 17.1 Å². The second-order valence-electron chi connectivity index (χ2n) is 11.3. The number of likely N-dealkylation sites (tertiary alicyclic amines) is 1. The zero-order valence-electron chi connectivity index (χ0n) is 25.1. The highest BCUT2D eigenvalue weighted by atomic mass is 32.2. The summed E-state index contributed by atoms with van der Waals surface area (Å²) in [5.41, 5.74) is 3.80. The molecule has 0 spiro atoms. The summed E-state index contributed by atoms with van der Waals surface area (Å²) in [5.74, 6) is 0.823. The van der Waals surface area contributed by atoms with Crippen molar-refractivity contribution in [2.75, 3.05) is 40.0 Å². The van der Waals surface area contributed by atoms with Crippen LogP contribution in [0.25, 0.3) is 11.4 Å². The second-order valence-corrected chi connectivity index (χ2v) is 13.5. The van der Waals surface area contributed by atoms with Gasteiger partial charge in [-0.25, -0.2) is 13.9 Å². The smallest absolute Gasteiger partial charge is 0.265 e.